The van der Waals surface area contributed by atoms with Crippen molar-refractivity contribution in [1.82, 2.24) is 0 Å². The number of halogens is 2. The molecule has 1 fully saturated rings. The van der Waals surface area contributed by atoms with Gasteiger partial charge in [0.15, 0.2) is 0 Å². The SMILES string of the molecule is NC1(C(F)F)CCOC1. The summed E-state index contributed by atoms with van der Waals surface area (Å²) in [4.78, 5) is 0. The first-order chi connectivity index (χ1) is 4.15. The highest BCUT2D eigenvalue weighted by atomic mass is 19.3. The second-order valence-corrected chi connectivity index (χ2v) is 2.34. The Kier molecular flexibility index (Phi) is 1.68. The Hall–Kier alpha value is -0.220. The van der Waals surface area contributed by atoms with Crippen LogP contribution in [0.15, 0.2) is 0 Å². The topological polar surface area (TPSA) is 35.2 Å². The molecule has 0 spiro atoms. The molecule has 0 saturated carbocycles. The second-order valence-electron chi connectivity index (χ2n) is 2.34. The van der Waals surface area contributed by atoms with Crippen molar-refractivity contribution in [3.8, 4) is 0 Å². The van der Waals surface area contributed by atoms with Crippen molar-refractivity contribution < 1.29 is 13.5 Å². The molecule has 1 unspecified atom stereocenters. The number of ether oxygens (including phenoxy) is 1. The molecule has 0 amide bonds. The highest BCUT2D eigenvalue weighted by molar-refractivity contribution is 4.90. The molecule has 0 aliphatic carbocycles. The first-order valence-corrected chi connectivity index (χ1v) is 2.80. The average molecular weight is 137 g/mol. The Morgan fingerprint density at radius 1 is 1.56 bits per heavy atom. The van der Waals surface area contributed by atoms with Crippen molar-refractivity contribution in [1.29, 1.82) is 0 Å². The van der Waals surface area contributed by atoms with Crippen molar-refractivity contribution in [2.45, 2.75) is 18.4 Å². The average Bonchev–Trinajstić information content (AvgIpc) is 2.16. The normalized spacial score (nSPS) is 36.0. The van der Waals surface area contributed by atoms with Crippen molar-refractivity contribution in [2.24, 2.45) is 5.73 Å². The van der Waals surface area contributed by atoms with Crippen LogP contribution < -0.4 is 5.73 Å². The van der Waals surface area contributed by atoms with E-state index in [2.05, 4.69) is 0 Å². The van der Waals surface area contributed by atoms with Gasteiger partial charge in [0, 0.05) is 6.61 Å². The summed E-state index contributed by atoms with van der Waals surface area (Å²) in [6.07, 6.45) is -2.19. The van der Waals surface area contributed by atoms with Crippen molar-refractivity contribution >= 4 is 0 Å². The molecule has 1 heterocycles. The van der Waals surface area contributed by atoms with Gasteiger partial charge in [0.05, 0.1) is 6.61 Å². The van der Waals surface area contributed by atoms with E-state index < -0.39 is 12.0 Å². The Balaban J connectivity index is 2.51. The number of nitrogens with two attached hydrogens (primary N) is 1. The highest BCUT2D eigenvalue weighted by Crippen LogP contribution is 2.22. The van der Waals surface area contributed by atoms with Gasteiger partial charge in [-0.3, -0.25) is 0 Å². The minimum atomic E-state index is -2.46. The van der Waals surface area contributed by atoms with Crippen molar-refractivity contribution in [3.05, 3.63) is 0 Å². The largest absolute Gasteiger partial charge is 0.379 e. The van der Waals surface area contributed by atoms with Crippen molar-refractivity contribution in [3.63, 3.8) is 0 Å². The van der Waals surface area contributed by atoms with E-state index in [1.54, 1.807) is 0 Å². The van der Waals surface area contributed by atoms with E-state index in [9.17, 15) is 8.78 Å². The van der Waals surface area contributed by atoms with E-state index in [0.717, 1.165) is 0 Å². The van der Waals surface area contributed by atoms with E-state index in [-0.39, 0.29) is 13.0 Å². The third-order valence-corrected chi connectivity index (χ3v) is 1.52. The molecule has 1 aliphatic rings. The van der Waals surface area contributed by atoms with Crippen LogP contribution in [-0.2, 0) is 4.74 Å². The number of hydrogen-bond donors (Lipinski definition) is 1. The molecule has 1 rings (SSSR count). The van der Waals surface area contributed by atoms with Gasteiger partial charge in [-0.05, 0) is 6.42 Å². The molecule has 0 radical (unpaired) electrons. The fraction of sp³-hybridized carbons (Fsp3) is 1.00. The maximum absolute atomic E-state index is 11.9. The molecule has 0 aromatic rings. The van der Waals surface area contributed by atoms with Crippen LogP contribution in [0.5, 0.6) is 0 Å². The van der Waals surface area contributed by atoms with Crippen LogP contribution in [0.4, 0.5) is 8.78 Å². The monoisotopic (exact) mass is 137 g/mol. The van der Waals surface area contributed by atoms with Gasteiger partial charge in [0.1, 0.15) is 5.54 Å². The Morgan fingerprint density at radius 2 is 2.22 bits per heavy atom. The van der Waals surface area contributed by atoms with Gasteiger partial charge in [0.25, 0.3) is 6.43 Å². The highest BCUT2D eigenvalue weighted by Gasteiger charge is 2.39. The maximum Gasteiger partial charge on any atom is 0.258 e. The van der Waals surface area contributed by atoms with E-state index >= 15 is 0 Å². The number of rotatable bonds is 1. The predicted molar refractivity (Wildman–Crippen MR) is 28.4 cm³/mol. The van der Waals surface area contributed by atoms with Crippen LogP contribution in [0, 0.1) is 0 Å². The minimum Gasteiger partial charge on any atom is -0.379 e. The van der Waals surface area contributed by atoms with E-state index in [0.29, 0.717) is 6.61 Å². The smallest absolute Gasteiger partial charge is 0.258 e. The molecule has 9 heavy (non-hydrogen) atoms. The number of hydrogen-bond acceptors (Lipinski definition) is 2. The van der Waals surface area contributed by atoms with Gasteiger partial charge in [-0.25, -0.2) is 8.78 Å². The fourth-order valence-corrected chi connectivity index (χ4v) is 0.769. The summed E-state index contributed by atoms with van der Waals surface area (Å²) in [6, 6.07) is 0. The van der Waals surface area contributed by atoms with Gasteiger partial charge < -0.3 is 10.5 Å². The molecule has 0 bridgehead atoms. The van der Waals surface area contributed by atoms with Crippen LogP contribution in [0.3, 0.4) is 0 Å². The van der Waals surface area contributed by atoms with Crippen LogP contribution in [0.1, 0.15) is 6.42 Å². The summed E-state index contributed by atoms with van der Waals surface area (Å²) in [6.45, 7) is 0.353. The van der Waals surface area contributed by atoms with Gasteiger partial charge in [-0.1, -0.05) is 0 Å². The summed E-state index contributed by atoms with van der Waals surface area (Å²) in [5, 5.41) is 0. The first-order valence-electron chi connectivity index (χ1n) is 2.80. The van der Waals surface area contributed by atoms with E-state index in [4.69, 9.17) is 10.5 Å². The van der Waals surface area contributed by atoms with E-state index in [1.165, 1.54) is 0 Å². The lowest BCUT2D eigenvalue weighted by molar-refractivity contribution is 0.0442. The molecule has 0 aromatic heterocycles. The fourth-order valence-electron chi connectivity index (χ4n) is 0.769. The summed E-state index contributed by atoms with van der Waals surface area (Å²) in [5.41, 5.74) is 3.87. The summed E-state index contributed by atoms with van der Waals surface area (Å²) >= 11 is 0. The molecule has 2 N–H and O–H groups in total. The third-order valence-electron chi connectivity index (χ3n) is 1.52. The lowest BCUT2D eigenvalue weighted by Crippen LogP contribution is -2.47. The Morgan fingerprint density at radius 3 is 2.44 bits per heavy atom. The zero-order valence-electron chi connectivity index (χ0n) is 4.94. The zero-order chi connectivity index (χ0) is 6.91. The first kappa shape index (κ1) is 6.89. The quantitative estimate of drug-likeness (QED) is 0.566. The van der Waals surface area contributed by atoms with Gasteiger partial charge in [-0.2, -0.15) is 0 Å². The van der Waals surface area contributed by atoms with Crippen LogP contribution in [0.25, 0.3) is 0 Å². The maximum atomic E-state index is 11.9. The molecule has 1 saturated heterocycles. The third kappa shape index (κ3) is 1.19. The van der Waals surface area contributed by atoms with Crippen LogP contribution in [0.2, 0.25) is 0 Å². The molecule has 54 valence electrons. The molecular formula is C5H9F2NO. The second kappa shape index (κ2) is 2.19. The van der Waals surface area contributed by atoms with Gasteiger partial charge in [-0.15, -0.1) is 0 Å². The molecule has 1 atom stereocenters. The van der Waals surface area contributed by atoms with Crippen LogP contribution >= 0.6 is 0 Å². The summed E-state index contributed by atoms with van der Waals surface area (Å²) < 4.78 is 28.6. The predicted octanol–water partition coefficient (Wildman–Crippen LogP) is 0.369. The Labute approximate surface area is 52.0 Å². The number of alkyl halides is 2. The lowest BCUT2D eigenvalue weighted by atomic mass is 10.0. The summed E-state index contributed by atoms with van der Waals surface area (Å²) in [5.74, 6) is 0. The molecule has 4 heteroatoms. The van der Waals surface area contributed by atoms with Gasteiger partial charge in [0.2, 0.25) is 0 Å². The van der Waals surface area contributed by atoms with Gasteiger partial charge >= 0.3 is 0 Å². The standard InChI is InChI=1S/C5H9F2NO/c6-4(7)5(8)1-2-9-3-5/h4H,1-3,8H2. The Bertz CT molecular complexity index is 101. The lowest BCUT2D eigenvalue weighted by Gasteiger charge is -2.19. The minimum absolute atomic E-state index is 0.00926. The van der Waals surface area contributed by atoms with E-state index in [1.807, 2.05) is 0 Å². The molecule has 0 aromatic carbocycles. The van der Waals surface area contributed by atoms with Crippen molar-refractivity contribution in [2.75, 3.05) is 13.2 Å². The zero-order valence-corrected chi connectivity index (χ0v) is 4.94. The van der Waals surface area contributed by atoms with Crippen LogP contribution in [-0.4, -0.2) is 25.2 Å². The molecule has 2 nitrogen and oxygen atoms in total. The summed E-state index contributed by atoms with van der Waals surface area (Å²) in [7, 11) is 0. The molecular weight excluding hydrogens is 128 g/mol. The molecule has 1 aliphatic heterocycles.